The van der Waals surface area contributed by atoms with E-state index in [4.69, 9.17) is 10.5 Å². The highest BCUT2D eigenvalue weighted by atomic mass is 79.9. The Labute approximate surface area is 122 Å². The quantitative estimate of drug-likeness (QED) is 0.796. The first-order chi connectivity index (χ1) is 8.76. The molecule has 0 aromatic heterocycles. The zero-order valence-electron chi connectivity index (χ0n) is 11.4. The van der Waals surface area contributed by atoms with Crippen LogP contribution >= 0.6 is 15.9 Å². The number of amides is 1. The lowest BCUT2D eigenvalue weighted by Gasteiger charge is -2.34. The molecule has 2 N–H and O–H groups in total. The van der Waals surface area contributed by atoms with Gasteiger partial charge in [-0.1, -0.05) is 22.0 Å². The average molecular weight is 327 g/mol. The summed E-state index contributed by atoms with van der Waals surface area (Å²) in [4.78, 5) is 13.7. The van der Waals surface area contributed by atoms with Crippen molar-refractivity contribution in [1.82, 2.24) is 4.90 Å². The zero-order valence-corrected chi connectivity index (χ0v) is 13.0. The minimum Gasteiger partial charge on any atom is -0.444 e. The van der Waals surface area contributed by atoms with Crippen molar-refractivity contribution in [2.75, 3.05) is 6.54 Å². The number of carbonyl (C=O) groups is 1. The molecule has 2 rings (SSSR count). The van der Waals surface area contributed by atoms with Crippen LogP contribution in [0.2, 0.25) is 0 Å². The Bertz CT molecular complexity index is 497. The molecule has 0 aliphatic carbocycles. The average Bonchev–Trinajstić information content (AvgIpc) is 2.25. The second kappa shape index (κ2) is 5.13. The number of halogens is 1. The topological polar surface area (TPSA) is 55.6 Å². The maximum Gasteiger partial charge on any atom is 0.410 e. The molecule has 0 saturated carbocycles. The number of hydrogen-bond donors (Lipinski definition) is 1. The van der Waals surface area contributed by atoms with Crippen LogP contribution in [-0.4, -0.2) is 23.1 Å². The number of ether oxygens (including phenoxy) is 1. The third-order valence-electron chi connectivity index (χ3n) is 2.93. The van der Waals surface area contributed by atoms with Gasteiger partial charge in [-0.05, 0) is 44.0 Å². The monoisotopic (exact) mass is 326 g/mol. The summed E-state index contributed by atoms with van der Waals surface area (Å²) in [5.41, 5.74) is 7.80. The molecule has 1 aliphatic rings. The summed E-state index contributed by atoms with van der Waals surface area (Å²) in [5, 5.41) is 0. The summed E-state index contributed by atoms with van der Waals surface area (Å²) in [6.45, 7) is 6.61. The molecule has 1 amide bonds. The van der Waals surface area contributed by atoms with E-state index >= 15 is 0 Å². The Hall–Kier alpha value is -1.07. The van der Waals surface area contributed by atoms with E-state index < -0.39 is 5.60 Å². The lowest BCUT2D eigenvalue weighted by atomic mass is 9.96. The Morgan fingerprint density at radius 3 is 2.79 bits per heavy atom. The van der Waals surface area contributed by atoms with E-state index in [0.29, 0.717) is 13.1 Å². The standard InChI is InChI=1S/C14H19BrN2O2/c1-14(2,3)19-13(18)17-7-9-6-10(15)4-5-11(9)12(16)8-17/h4-6,12H,7-8,16H2,1-3H3. The maximum absolute atomic E-state index is 12.1. The number of nitrogens with two attached hydrogens (primary N) is 1. The van der Waals surface area contributed by atoms with Crippen LogP contribution in [0.15, 0.2) is 22.7 Å². The Morgan fingerprint density at radius 1 is 1.47 bits per heavy atom. The summed E-state index contributed by atoms with van der Waals surface area (Å²) in [5.74, 6) is 0. The molecule has 0 spiro atoms. The van der Waals surface area contributed by atoms with E-state index in [2.05, 4.69) is 15.9 Å². The van der Waals surface area contributed by atoms with Gasteiger partial charge in [-0.15, -0.1) is 0 Å². The van der Waals surface area contributed by atoms with Crippen LogP contribution in [0.1, 0.15) is 37.9 Å². The summed E-state index contributed by atoms with van der Waals surface area (Å²) in [7, 11) is 0. The van der Waals surface area contributed by atoms with E-state index in [1.165, 1.54) is 0 Å². The molecule has 1 aromatic rings. The second-order valence-corrected chi connectivity index (χ2v) is 6.73. The molecule has 1 aromatic carbocycles. The largest absolute Gasteiger partial charge is 0.444 e. The lowest BCUT2D eigenvalue weighted by molar-refractivity contribution is 0.0206. The van der Waals surface area contributed by atoms with Crippen LogP contribution in [-0.2, 0) is 11.3 Å². The summed E-state index contributed by atoms with van der Waals surface area (Å²) >= 11 is 3.44. The molecule has 0 radical (unpaired) electrons. The van der Waals surface area contributed by atoms with Gasteiger partial charge in [0.15, 0.2) is 0 Å². The highest BCUT2D eigenvalue weighted by molar-refractivity contribution is 9.10. The molecular formula is C14H19BrN2O2. The van der Waals surface area contributed by atoms with Crippen LogP contribution in [0.4, 0.5) is 4.79 Å². The fourth-order valence-corrected chi connectivity index (χ4v) is 2.55. The van der Waals surface area contributed by atoms with Gasteiger partial charge < -0.3 is 15.4 Å². The fourth-order valence-electron chi connectivity index (χ4n) is 2.14. The van der Waals surface area contributed by atoms with Crippen molar-refractivity contribution in [3.05, 3.63) is 33.8 Å². The number of carbonyl (C=O) groups excluding carboxylic acids is 1. The van der Waals surface area contributed by atoms with E-state index in [1.54, 1.807) is 4.90 Å². The first-order valence-electron chi connectivity index (χ1n) is 6.28. The van der Waals surface area contributed by atoms with E-state index in [9.17, 15) is 4.79 Å². The van der Waals surface area contributed by atoms with Gasteiger partial charge in [-0.2, -0.15) is 0 Å². The maximum atomic E-state index is 12.1. The summed E-state index contributed by atoms with van der Waals surface area (Å²) < 4.78 is 6.38. The zero-order chi connectivity index (χ0) is 14.2. The second-order valence-electron chi connectivity index (χ2n) is 5.81. The number of fused-ring (bicyclic) bond motifs is 1. The van der Waals surface area contributed by atoms with Gasteiger partial charge in [0, 0.05) is 23.6 Å². The van der Waals surface area contributed by atoms with Gasteiger partial charge in [0.1, 0.15) is 5.60 Å². The van der Waals surface area contributed by atoms with Crippen LogP contribution in [0.25, 0.3) is 0 Å². The highest BCUT2D eigenvalue weighted by Crippen LogP contribution is 2.28. The van der Waals surface area contributed by atoms with Gasteiger partial charge >= 0.3 is 6.09 Å². The molecule has 1 unspecified atom stereocenters. The van der Waals surface area contributed by atoms with Crippen molar-refractivity contribution in [2.45, 2.75) is 39.0 Å². The first-order valence-corrected chi connectivity index (χ1v) is 7.07. The highest BCUT2D eigenvalue weighted by Gasteiger charge is 2.29. The summed E-state index contributed by atoms with van der Waals surface area (Å²) in [6.07, 6.45) is -0.312. The van der Waals surface area contributed by atoms with Crippen LogP contribution in [0.3, 0.4) is 0 Å². The predicted octanol–water partition coefficient (Wildman–Crippen LogP) is 3.20. The van der Waals surface area contributed by atoms with E-state index in [0.717, 1.165) is 15.6 Å². The van der Waals surface area contributed by atoms with Crippen LogP contribution in [0.5, 0.6) is 0 Å². The third-order valence-corrected chi connectivity index (χ3v) is 3.43. The number of hydrogen-bond acceptors (Lipinski definition) is 3. The molecule has 0 saturated heterocycles. The van der Waals surface area contributed by atoms with E-state index in [-0.39, 0.29) is 12.1 Å². The molecule has 0 bridgehead atoms. The van der Waals surface area contributed by atoms with E-state index in [1.807, 2.05) is 39.0 Å². The number of nitrogens with zero attached hydrogens (tertiary/aromatic N) is 1. The van der Waals surface area contributed by atoms with Crippen LogP contribution < -0.4 is 5.73 Å². The van der Waals surface area contributed by atoms with Gasteiger partial charge in [-0.3, -0.25) is 0 Å². The Kier molecular flexibility index (Phi) is 3.87. The minimum absolute atomic E-state index is 0.163. The van der Waals surface area contributed by atoms with Crippen LogP contribution in [0, 0.1) is 0 Å². The Balaban J connectivity index is 2.18. The van der Waals surface area contributed by atoms with Gasteiger partial charge in [0.25, 0.3) is 0 Å². The van der Waals surface area contributed by atoms with Crippen molar-refractivity contribution in [2.24, 2.45) is 5.73 Å². The van der Waals surface area contributed by atoms with Crippen molar-refractivity contribution in [3.8, 4) is 0 Å². The molecule has 5 heteroatoms. The van der Waals surface area contributed by atoms with Crippen molar-refractivity contribution >= 4 is 22.0 Å². The molecule has 0 fully saturated rings. The van der Waals surface area contributed by atoms with Crippen molar-refractivity contribution in [1.29, 1.82) is 0 Å². The molecule has 1 heterocycles. The summed E-state index contributed by atoms with van der Waals surface area (Å²) in [6, 6.07) is 5.83. The fraction of sp³-hybridized carbons (Fsp3) is 0.500. The molecular weight excluding hydrogens is 308 g/mol. The van der Waals surface area contributed by atoms with Crippen molar-refractivity contribution in [3.63, 3.8) is 0 Å². The van der Waals surface area contributed by atoms with Gasteiger partial charge in [0.2, 0.25) is 0 Å². The predicted molar refractivity (Wildman–Crippen MR) is 77.7 cm³/mol. The SMILES string of the molecule is CC(C)(C)OC(=O)N1Cc2cc(Br)ccc2C(N)C1. The minimum atomic E-state index is -0.487. The smallest absolute Gasteiger partial charge is 0.410 e. The van der Waals surface area contributed by atoms with Crippen molar-refractivity contribution < 1.29 is 9.53 Å². The van der Waals surface area contributed by atoms with Gasteiger partial charge in [0.05, 0.1) is 0 Å². The Morgan fingerprint density at radius 2 is 2.16 bits per heavy atom. The molecule has 19 heavy (non-hydrogen) atoms. The molecule has 104 valence electrons. The number of benzene rings is 1. The normalized spacial score (nSPS) is 19.0. The molecule has 4 nitrogen and oxygen atoms in total. The first kappa shape index (κ1) is 14.3. The molecule has 1 aliphatic heterocycles. The number of rotatable bonds is 0. The third kappa shape index (κ3) is 3.48. The molecule has 1 atom stereocenters. The van der Waals surface area contributed by atoms with Gasteiger partial charge in [-0.25, -0.2) is 4.79 Å². The lowest BCUT2D eigenvalue weighted by Crippen LogP contribution is -2.43.